The van der Waals surface area contributed by atoms with E-state index >= 15 is 0 Å². The molecule has 3 heterocycles. The van der Waals surface area contributed by atoms with Gasteiger partial charge in [0.1, 0.15) is 17.5 Å². The molecule has 0 saturated carbocycles. The van der Waals surface area contributed by atoms with Crippen molar-refractivity contribution >= 4 is 23.4 Å². The molecule has 0 unspecified atom stereocenters. The van der Waals surface area contributed by atoms with E-state index in [0.29, 0.717) is 37.7 Å². The number of carbonyl (C=O) groups excluding carboxylic acids is 1. The molecule has 9 heteroatoms. The van der Waals surface area contributed by atoms with Gasteiger partial charge in [-0.3, -0.25) is 14.3 Å². The number of allylic oxidation sites excluding steroid dienone is 1. The first kappa shape index (κ1) is 22.5. The van der Waals surface area contributed by atoms with Crippen molar-refractivity contribution in [3.63, 3.8) is 0 Å². The van der Waals surface area contributed by atoms with Crippen molar-refractivity contribution in [3.05, 3.63) is 84.8 Å². The first-order valence-corrected chi connectivity index (χ1v) is 11.1. The molecule has 0 N–H and O–H groups in total. The standard InChI is InChI=1S/C24H23N3O5S/c1-5-32-23(29)20-14(2)26-24-27(21(20)17-9-8-16(30-3)12-18(17)31-4)22(28)19(33-24)11-15-7-6-10-25-13-15/h6-13,21H,5H2,1-4H3/b19-11+/t21-/m0/s1. The number of rotatable bonds is 6. The highest BCUT2D eigenvalue weighted by molar-refractivity contribution is 7.07. The van der Waals surface area contributed by atoms with Crippen LogP contribution in [0.1, 0.15) is 31.0 Å². The molecule has 0 amide bonds. The number of hydrogen-bond donors (Lipinski definition) is 0. The van der Waals surface area contributed by atoms with Gasteiger partial charge in [-0.2, -0.15) is 0 Å². The third-order valence-electron chi connectivity index (χ3n) is 5.23. The Morgan fingerprint density at radius 2 is 2.06 bits per heavy atom. The van der Waals surface area contributed by atoms with Gasteiger partial charge in [-0.15, -0.1) is 0 Å². The Kier molecular flexibility index (Phi) is 6.41. The van der Waals surface area contributed by atoms with Gasteiger partial charge in [-0.1, -0.05) is 17.4 Å². The van der Waals surface area contributed by atoms with Crippen molar-refractivity contribution in [2.75, 3.05) is 20.8 Å². The fraction of sp³-hybridized carbons (Fsp3) is 0.250. The molecule has 8 nitrogen and oxygen atoms in total. The molecule has 3 aromatic rings. The minimum absolute atomic E-state index is 0.202. The number of benzene rings is 1. The normalized spacial score (nSPS) is 15.6. The summed E-state index contributed by atoms with van der Waals surface area (Å²) in [6, 6.07) is 8.18. The summed E-state index contributed by atoms with van der Waals surface area (Å²) in [6.07, 6.45) is 5.11. The van der Waals surface area contributed by atoms with Crippen molar-refractivity contribution in [1.82, 2.24) is 9.55 Å². The van der Waals surface area contributed by atoms with E-state index in [1.807, 2.05) is 6.07 Å². The maximum absolute atomic E-state index is 13.6. The van der Waals surface area contributed by atoms with Crippen molar-refractivity contribution in [2.24, 2.45) is 4.99 Å². The van der Waals surface area contributed by atoms with E-state index in [1.54, 1.807) is 63.7 Å². The zero-order valence-corrected chi connectivity index (χ0v) is 19.5. The average molecular weight is 466 g/mol. The fourth-order valence-corrected chi connectivity index (χ4v) is 4.79. The lowest BCUT2D eigenvalue weighted by Gasteiger charge is -2.26. The van der Waals surface area contributed by atoms with Gasteiger partial charge in [0.25, 0.3) is 5.56 Å². The Bertz CT molecular complexity index is 1410. The van der Waals surface area contributed by atoms with Crippen LogP contribution >= 0.6 is 11.3 Å². The molecule has 2 aromatic heterocycles. The van der Waals surface area contributed by atoms with Crippen LogP contribution in [-0.4, -0.2) is 36.3 Å². The Labute approximate surface area is 194 Å². The number of thiazole rings is 1. The summed E-state index contributed by atoms with van der Waals surface area (Å²) in [6.45, 7) is 3.68. The van der Waals surface area contributed by atoms with E-state index in [9.17, 15) is 9.59 Å². The van der Waals surface area contributed by atoms with Crippen LogP contribution in [0.25, 0.3) is 6.08 Å². The quantitative estimate of drug-likeness (QED) is 0.519. The number of methoxy groups -OCH3 is 2. The number of ether oxygens (including phenoxy) is 3. The topological polar surface area (TPSA) is 92.0 Å². The lowest BCUT2D eigenvalue weighted by atomic mass is 9.95. The van der Waals surface area contributed by atoms with Gasteiger partial charge in [0.2, 0.25) is 0 Å². The smallest absolute Gasteiger partial charge is 0.338 e. The lowest BCUT2D eigenvalue weighted by Crippen LogP contribution is -2.40. The van der Waals surface area contributed by atoms with Gasteiger partial charge in [0.15, 0.2) is 4.80 Å². The molecule has 4 rings (SSSR count). The van der Waals surface area contributed by atoms with Gasteiger partial charge in [0.05, 0.1) is 36.6 Å². The maximum atomic E-state index is 13.6. The fourth-order valence-electron chi connectivity index (χ4n) is 3.74. The summed E-state index contributed by atoms with van der Waals surface area (Å²) in [5.41, 5.74) is 1.94. The molecule has 1 aromatic carbocycles. The SMILES string of the molecule is CCOC(=O)C1=C(C)N=c2s/c(=C/c3cccnc3)c(=O)n2[C@H]1c1ccc(OC)cc1OC. The van der Waals surface area contributed by atoms with Crippen molar-refractivity contribution < 1.29 is 19.0 Å². The number of carbonyl (C=O) groups is 1. The largest absolute Gasteiger partial charge is 0.497 e. The molecule has 1 atom stereocenters. The number of esters is 1. The summed E-state index contributed by atoms with van der Waals surface area (Å²) in [7, 11) is 3.09. The van der Waals surface area contributed by atoms with Gasteiger partial charge >= 0.3 is 5.97 Å². The first-order valence-electron chi connectivity index (χ1n) is 10.3. The van der Waals surface area contributed by atoms with Crippen LogP contribution < -0.4 is 24.4 Å². The summed E-state index contributed by atoms with van der Waals surface area (Å²) in [5.74, 6) is 0.554. The van der Waals surface area contributed by atoms with Crippen LogP contribution in [0.15, 0.2) is 63.8 Å². The number of aromatic nitrogens is 2. The molecule has 1 aliphatic rings. The summed E-state index contributed by atoms with van der Waals surface area (Å²) < 4.78 is 18.3. The second-order valence-corrected chi connectivity index (χ2v) is 8.21. The molecular formula is C24H23N3O5S. The number of nitrogens with zero attached hydrogens (tertiary/aromatic N) is 3. The Morgan fingerprint density at radius 1 is 1.24 bits per heavy atom. The van der Waals surface area contributed by atoms with E-state index < -0.39 is 12.0 Å². The molecule has 170 valence electrons. The number of pyridine rings is 1. The van der Waals surface area contributed by atoms with Gasteiger partial charge < -0.3 is 14.2 Å². The van der Waals surface area contributed by atoms with Crippen LogP contribution in [0.3, 0.4) is 0 Å². The summed E-state index contributed by atoms with van der Waals surface area (Å²) in [5, 5.41) is 0. The second kappa shape index (κ2) is 9.41. The van der Waals surface area contributed by atoms with E-state index in [0.717, 1.165) is 5.56 Å². The van der Waals surface area contributed by atoms with E-state index in [4.69, 9.17) is 14.2 Å². The highest BCUT2D eigenvalue weighted by Crippen LogP contribution is 2.37. The van der Waals surface area contributed by atoms with Crippen LogP contribution in [0, 0.1) is 0 Å². The predicted octanol–water partition coefficient (Wildman–Crippen LogP) is 2.21. The summed E-state index contributed by atoms with van der Waals surface area (Å²) >= 11 is 1.26. The second-order valence-electron chi connectivity index (χ2n) is 7.20. The van der Waals surface area contributed by atoms with Gasteiger partial charge in [-0.05, 0) is 43.7 Å². The zero-order valence-electron chi connectivity index (χ0n) is 18.7. The maximum Gasteiger partial charge on any atom is 0.338 e. The van der Waals surface area contributed by atoms with Crippen LogP contribution in [-0.2, 0) is 9.53 Å². The van der Waals surface area contributed by atoms with Gasteiger partial charge in [0, 0.05) is 24.0 Å². The molecule has 1 aliphatic heterocycles. The average Bonchev–Trinajstić information content (AvgIpc) is 3.12. The highest BCUT2D eigenvalue weighted by Gasteiger charge is 2.35. The van der Waals surface area contributed by atoms with E-state index in [2.05, 4.69) is 9.98 Å². The molecule has 0 spiro atoms. The molecule has 0 radical (unpaired) electrons. The Hall–Kier alpha value is -3.72. The van der Waals surface area contributed by atoms with Crippen LogP contribution in [0.5, 0.6) is 11.5 Å². The number of hydrogen-bond acceptors (Lipinski definition) is 8. The van der Waals surface area contributed by atoms with Crippen molar-refractivity contribution in [2.45, 2.75) is 19.9 Å². The van der Waals surface area contributed by atoms with Crippen LogP contribution in [0.2, 0.25) is 0 Å². The van der Waals surface area contributed by atoms with Crippen molar-refractivity contribution in [3.8, 4) is 11.5 Å². The molecule has 0 bridgehead atoms. The van der Waals surface area contributed by atoms with Gasteiger partial charge in [-0.25, -0.2) is 9.79 Å². The number of fused-ring (bicyclic) bond motifs is 1. The zero-order chi connectivity index (χ0) is 23.5. The first-order chi connectivity index (χ1) is 16.0. The molecular weight excluding hydrogens is 442 g/mol. The molecule has 0 fully saturated rings. The monoisotopic (exact) mass is 465 g/mol. The molecule has 0 saturated heterocycles. The highest BCUT2D eigenvalue weighted by atomic mass is 32.1. The minimum atomic E-state index is -0.766. The molecule has 33 heavy (non-hydrogen) atoms. The van der Waals surface area contributed by atoms with E-state index in [1.165, 1.54) is 23.0 Å². The summed E-state index contributed by atoms with van der Waals surface area (Å²) in [4.78, 5) is 35.8. The lowest BCUT2D eigenvalue weighted by molar-refractivity contribution is -0.139. The van der Waals surface area contributed by atoms with Crippen LogP contribution in [0.4, 0.5) is 0 Å². The third kappa shape index (κ3) is 4.19. The minimum Gasteiger partial charge on any atom is -0.497 e. The Morgan fingerprint density at radius 3 is 2.73 bits per heavy atom. The predicted molar refractivity (Wildman–Crippen MR) is 124 cm³/mol. The third-order valence-corrected chi connectivity index (χ3v) is 6.22. The Balaban J connectivity index is 2.00. The van der Waals surface area contributed by atoms with Crippen molar-refractivity contribution in [1.29, 1.82) is 0 Å². The molecule has 0 aliphatic carbocycles. The van der Waals surface area contributed by atoms with E-state index in [-0.39, 0.29) is 12.2 Å².